The molecule has 1 atom stereocenters. The number of hydrogen-bond donors (Lipinski definition) is 1. The maximum atomic E-state index is 10.1. The average Bonchev–Trinajstić information content (AvgIpc) is 2.43. The van der Waals surface area contributed by atoms with Crippen LogP contribution in [0, 0.1) is 0 Å². The molecule has 0 fully saturated rings. The predicted octanol–water partition coefficient (Wildman–Crippen LogP) is 4.03. The highest BCUT2D eigenvalue weighted by atomic mass is 35.5. The third-order valence-corrected chi connectivity index (χ3v) is 9.28. The summed E-state index contributed by atoms with van der Waals surface area (Å²) in [7, 11) is 0.281. The van der Waals surface area contributed by atoms with Crippen molar-refractivity contribution in [1.29, 1.82) is 0 Å². The number of rotatable bonds is 9. The Balaban J connectivity index is 2.28. The van der Waals surface area contributed by atoms with E-state index in [1.807, 2.05) is 19.2 Å². The maximum Gasteiger partial charge on any atom is 0.192 e. The van der Waals surface area contributed by atoms with Crippen molar-refractivity contribution in [3.05, 3.63) is 29.3 Å². The molecule has 24 heavy (non-hydrogen) atoms. The Morgan fingerprint density at radius 2 is 1.96 bits per heavy atom. The molecule has 0 bridgehead atoms. The van der Waals surface area contributed by atoms with Gasteiger partial charge in [-0.05, 0) is 43.4 Å². The average molecular weight is 374 g/mol. The third-order valence-electron chi connectivity index (χ3n) is 4.50. The fourth-order valence-electron chi connectivity index (χ4n) is 1.93. The molecule has 1 aromatic rings. The van der Waals surface area contributed by atoms with Gasteiger partial charge in [0.2, 0.25) is 0 Å². The topological polar surface area (TPSA) is 41.9 Å². The molecule has 0 radical (unpaired) electrons. The van der Waals surface area contributed by atoms with Gasteiger partial charge >= 0.3 is 0 Å². The van der Waals surface area contributed by atoms with E-state index < -0.39 is 14.4 Å². The lowest BCUT2D eigenvalue weighted by Crippen LogP contribution is -2.43. The molecule has 4 nitrogen and oxygen atoms in total. The quantitative estimate of drug-likeness (QED) is 0.663. The standard InChI is InChI=1S/C18H32ClNO3Si/c1-18(2,3)24(5,6)23-11-10-20(4)13-16(21)14-22-17-9-7-8-15(19)12-17/h7-9,12,16,21H,10-11,13-14H2,1-6H3/t16-/m1/s1. The van der Waals surface area contributed by atoms with Crippen LogP contribution < -0.4 is 4.74 Å². The van der Waals surface area contributed by atoms with Gasteiger partial charge in [0.1, 0.15) is 18.5 Å². The lowest BCUT2D eigenvalue weighted by molar-refractivity contribution is 0.0716. The summed E-state index contributed by atoms with van der Waals surface area (Å²) in [5.74, 6) is 0.672. The van der Waals surface area contributed by atoms with Crippen molar-refractivity contribution in [3.63, 3.8) is 0 Å². The molecule has 0 unspecified atom stereocenters. The van der Waals surface area contributed by atoms with E-state index >= 15 is 0 Å². The van der Waals surface area contributed by atoms with Crippen molar-refractivity contribution in [3.8, 4) is 5.75 Å². The summed E-state index contributed by atoms with van der Waals surface area (Å²) in [6, 6.07) is 7.19. The molecule has 1 N–H and O–H groups in total. The van der Waals surface area contributed by atoms with Gasteiger partial charge in [0, 0.05) is 24.7 Å². The lowest BCUT2D eigenvalue weighted by Gasteiger charge is -2.36. The summed E-state index contributed by atoms with van der Waals surface area (Å²) in [5, 5.41) is 11.0. The molecule has 0 spiro atoms. The van der Waals surface area contributed by atoms with E-state index in [1.54, 1.807) is 12.1 Å². The molecule has 6 heteroatoms. The Morgan fingerprint density at radius 1 is 1.29 bits per heavy atom. The predicted molar refractivity (Wildman–Crippen MR) is 104 cm³/mol. The van der Waals surface area contributed by atoms with Crippen molar-refractivity contribution in [2.75, 3.05) is 33.4 Å². The molecule has 1 aromatic carbocycles. The molecule has 0 aliphatic rings. The summed E-state index contributed by atoms with van der Waals surface area (Å²) in [5.41, 5.74) is 0. The van der Waals surface area contributed by atoms with Gasteiger partial charge in [0.25, 0.3) is 0 Å². The molecule has 0 saturated heterocycles. The van der Waals surface area contributed by atoms with Gasteiger partial charge in [0.15, 0.2) is 8.32 Å². The van der Waals surface area contributed by atoms with Crippen LogP contribution in [0.15, 0.2) is 24.3 Å². The highest BCUT2D eigenvalue weighted by molar-refractivity contribution is 6.74. The Labute approximate surface area is 152 Å². The van der Waals surface area contributed by atoms with Gasteiger partial charge in [-0.2, -0.15) is 0 Å². The number of hydrogen-bond acceptors (Lipinski definition) is 4. The molecule has 0 aliphatic carbocycles. The second kappa shape index (κ2) is 9.20. The minimum Gasteiger partial charge on any atom is -0.491 e. The first-order valence-electron chi connectivity index (χ1n) is 8.40. The van der Waals surface area contributed by atoms with E-state index in [1.165, 1.54) is 0 Å². The van der Waals surface area contributed by atoms with E-state index in [4.69, 9.17) is 20.8 Å². The fourth-order valence-corrected chi connectivity index (χ4v) is 3.14. The Bertz CT molecular complexity index is 505. The zero-order valence-electron chi connectivity index (χ0n) is 15.8. The van der Waals surface area contributed by atoms with E-state index in [-0.39, 0.29) is 11.6 Å². The summed E-state index contributed by atoms with van der Waals surface area (Å²) >= 11 is 5.91. The van der Waals surface area contributed by atoms with Crippen LogP contribution in [0.5, 0.6) is 5.75 Å². The summed E-state index contributed by atoms with van der Waals surface area (Å²) in [4.78, 5) is 2.07. The normalized spacial score (nSPS) is 14.0. The van der Waals surface area contributed by atoms with Gasteiger partial charge < -0.3 is 19.2 Å². The van der Waals surface area contributed by atoms with Gasteiger partial charge in [-0.1, -0.05) is 38.4 Å². The van der Waals surface area contributed by atoms with Gasteiger partial charge in [-0.15, -0.1) is 0 Å². The second-order valence-electron chi connectivity index (χ2n) is 7.79. The van der Waals surface area contributed by atoms with Crippen LogP contribution in [0.4, 0.5) is 0 Å². The smallest absolute Gasteiger partial charge is 0.192 e. The Morgan fingerprint density at radius 3 is 2.54 bits per heavy atom. The minimum absolute atomic E-state index is 0.218. The number of likely N-dealkylation sites (N-methyl/N-ethyl adjacent to an activating group) is 1. The SMILES string of the molecule is CN(CCO[Si](C)(C)C(C)(C)C)C[C@@H](O)COc1cccc(Cl)c1. The lowest BCUT2D eigenvalue weighted by atomic mass is 10.2. The molecular formula is C18H32ClNO3Si. The van der Waals surface area contributed by atoms with Crippen molar-refractivity contribution >= 4 is 19.9 Å². The third kappa shape index (κ3) is 7.53. The van der Waals surface area contributed by atoms with Gasteiger partial charge in [-0.3, -0.25) is 0 Å². The van der Waals surface area contributed by atoms with Crippen molar-refractivity contribution in [1.82, 2.24) is 4.90 Å². The Kier molecular flexibility index (Phi) is 8.22. The molecule has 0 aliphatic heterocycles. The van der Waals surface area contributed by atoms with Crippen LogP contribution in [-0.2, 0) is 4.43 Å². The largest absolute Gasteiger partial charge is 0.491 e. The molecule has 0 aromatic heterocycles. The minimum atomic E-state index is -1.70. The van der Waals surface area contributed by atoms with Crippen molar-refractivity contribution in [2.45, 2.75) is 45.0 Å². The molecule has 1 rings (SSSR count). The zero-order valence-corrected chi connectivity index (χ0v) is 17.6. The summed E-state index contributed by atoms with van der Waals surface area (Å²) in [6.45, 7) is 13.5. The number of ether oxygens (including phenoxy) is 1. The van der Waals surface area contributed by atoms with Gasteiger partial charge in [0.05, 0.1) is 0 Å². The van der Waals surface area contributed by atoms with Crippen LogP contribution in [0.1, 0.15) is 20.8 Å². The summed E-state index contributed by atoms with van der Waals surface area (Å²) < 4.78 is 11.7. The first kappa shape index (κ1) is 21.4. The zero-order chi connectivity index (χ0) is 18.4. The van der Waals surface area contributed by atoms with E-state index in [0.29, 0.717) is 23.9 Å². The van der Waals surface area contributed by atoms with Crippen LogP contribution in [0.2, 0.25) is 23.2 Å². The van der Waals surface area contributed by atoms with Crippen molar-refractivity contribution in [2.24, 2.45) is 0 Å². The van der Waals surface area contributed by atoms with Crippen molar-refractivity contribution < 1.29 is 14.3 Å². The number of halogens is 1. The highest BCUT2D eigenvalue weighted by Crippen LogP contribution is 2.36. The fraction of sp³-hybridized carbons (Fsp3) is 0.667. The van der Waals surface area contributed by atoms with Crippen LogP contribution in [0.25, 0.3) is 0 Å². The molecule has 0 heterocycles. The molecular weight excluding hydrogens is 342 g/mol. The number of nitrogens with zero attached hydrogens (tertiary/aromatic N) is 1. The van der Waals surface area contributed by atoms with E-state index in [2.05, 4.69) is 38.8 Å². The second-order valence-corrected chi connectivity index (χ2v) is 13.0. The molecule has 0 saturated carbocycles. The van der Waals surface area contributed by atoms with Gasteiger partial charge in [-0.25, -0.2) is 0 Å². The highest BCUT2D eigenvalue weighted by Gasteiger charge is 2.36. The van der Waals surface area contributed by atoms with Crippen LogP contribution >= 0.6 is 11.6 Å². The first-order valence-corrected chi connectivity index (χ1v) is 11.7. The Hall–Kier alpha value is -0.593. The number of aliphatic hydroxyl groups excluding tert-OH is 1. The van der Waals surface area contributed by atoms with Crippen LogP contribution in [0.3, 0.4) is 0 Å². The summed E-state index contributed by atoms with van der Waals surface area (Å²) in [6.07, 6.45) is -0.554. The van der Waals surface area contributed by atoms with Crippen LogP contribution in [-0.4, -0.2) is 57.8 Å². The number of benzene rings is 1. The molecule has 138 valence electrons. The molecule has 0 amide bonds. The maximum absolute atomic E-state index is 10.1. The van der Waals surface area contributed by atoms with E-state index in [9.17, 15) is 5.11 Å². The first-order chi connectivity index (χ1) is 11.0. The number of aliphatic hydroxyl groups is 1. The monoisotopic (exact) mass is 373 g/mol. The van der Waals surface area contributed by atoms with E-state index in [0.717, 1.165) is 6.54 Å².